The van der Waals surface area contributed by atoms with E-state index in [0.29, 0.717) is 12.2 Å². The summed E-state index contributed by atoms with van der Waals surface area (Å²) in [6.45, 7) is 10.9. The molecule has 0 aromatic heterocycles. The highest BCUT2D eigenvalue weighted by Crippen LogP contribution is 2.25. The van der Waals surface area contributed by atoms with Gasteiger partial charge in [-0.3, -0.25) is 9.59 Å². The number of aliphatic hydroxyl groups excluding tert-OH is 1. The third kappa shape index (κ3) is 11.6. The second-order valence-electron chi connectivity index (χ2n) is 12.3. The van der Waals surface area contributed by atoms with E-state index < -0.39 is 47.7 Å². The number of carbonyl (C=O) groups excluding carboxylic acids is 3. The van der Waals surface area contributed by atoms with Crippen LogP contribution >= 0.6 is 11.8 Å². The maximum absolute atomic E-state index is 13.3. The number of alkyl carbamates (subject to hydrolysis) is 1. The lowest BCUT2D eigenvalue weighted by molar-refractivity contribution is -0.130. The number of benzene rings is 3. The first-order valence-electron chi connectivity index (χ1n) is 14.7. The van der Waals surface area contributed by atoms with Crippen molar-refractivity contribution in [2.24, 2.45) is 5.92 Å². The third-order valence-electron chi connectivity index (χ3n) is 6.70. The smallest absolute Gasteiger partial charge is 0.408 e. The Morgan fingerprint density at radius 2 is 1.49 bits per heavy atom. The molecule has 0 fully saturated rings. The summed E-state index contributed by atoms with van der Waals surface area (Å²) < 4.78 is 5.36. The monoisotopic (exact) mass is 607 g/mol. The van der Waals surface area contributed by atoms with Crippen molar-refractivity contribution in [1.82, 2.24) is 16.0 Å². The van der Waals surface area contributed by atoms with Gasteiger partial charge in [-0.1, -0.05) is 74.5 Å². The van der Waals surface area contributed by atoms with Crippen LogP contribution in [-0.2, 0) is 20.7 Å². The summed E-state index contributed by atoms with van der Waals surface area (Å²) in [5, 5.41) is 21.7. The van der Waals surface area contributed by atoms with Crippen molar-refractivity contribution < 1.29 is 24.2 Å². The van der Waals surface area contributed by atoms with Gasteiger partial charge < -0.3 is 25.8 Å². The van der Waals surface area contributed by atoms with Gasteiger partial charge in [0.05, 0.1) is 12.1 Å². The van der Waals surface area contributed by atoms with E-state index in [4.69, 9.17) is 4.74 Å². The Kier molecular flexibility index (Phi) is 12.5. The number of hydrogen-bond donors (Lipinski definition) is 4. The molecular formula is C34H45N3O5S. The second kappa shape index (κ2) is 15.8. The zero-order valence-corrected chi connectivity index (χ0v) is 26.7. The first-order chi connectivity index (χ1) is 20.3. The average Bonchev–Trinajstić information content (AvgIpc) is 2.94. The van der Waals surface area contributed by atoms with Gasteiger partial charge in [0.1, 0.15) is 17.7 Å². The molecule has 0 aliphatic heterocycles. The quantitative estimate of drug-likeness (QED) is 0.192. The van der Waals surface area contributed by atoms with Crippen LogP contribution in [0.25, 0.3) is 10.8 Å². The van der Waals surface area contributed by atoms with Gasteiger partial charge in [-0.05, 0) is 68.5 Å². The third-order valence-corrected chi connectivity index (χ3v) is 7.80. The fourth-order valence-electron chi connectivity index (χ4n) is 4.57. The minimum Gasteiger partial charge on any atom is -0.444 e. The molecule has 232 valence electrons. The summed E-state index contributed by atoms with van der Waals surface area (Å²) in [5.74, 6) is -0.297. The van der Waals surface area contributed by atoms with Crippen molar-refractivity contribution in [1.29, 1.82) is 0 Å². The lowest BCUT2D eigenvalue weighted by Gasteiger charge is -2.28. The van der Waals surface area contributed by atoms with Crippen molar-refractivity contribution in [2.75, 3.05) is 5.75 Å². The minimum absolute atomic E-state index is 0.223. The standard InChI is InChI=1S/C34H45N3O5S/c1-22(2)18-28(30(38)21-43-27-17-16-25-14-10-11-15-26(25)20-27)36-31(39)23(3)35-32(40)29(19-24-12-8-7-9-13-24)37-33(41)42-34(4,5)6/h7-17,20,22-23,28-30,38H,18-19,21H2,1-6H3,(H,35,40)(H,36,39)(H,37,41)/t23-,28+,29-,30+/m0/s1. The Hall–Kier alpha value is -3.56. The largest absolute Gasteiger partial charge is 0.444 e. The van der Waals surface area contributed by atoms with Crippen molar-refractivity contribution in [3.8, 4) is 0 Å². The molecule has 0 aliphatic carbocycles. The number of thioether (sulfide) groups is 1. The number of nitrogens with one attached hydrogen (secondary N) is 3. The van der Waals surface area contributed by atoms with E-state index >= 15 is 0 Å². The van der Waals surface area contributed by atoms with Gasteiger partial charge in [-0.25, -0.2) is 4.79 Å². The highest BCUT2D eigenvalue weighted by atomic mass is 32.2. The van der Waals surface area contributed by atoms with E-state index in [0.717, 1.165) is 21.2 Å². The highest BCUT2D eigenvalue weighted by Gasteiger charge is 2.29. The Morgan fingerprint density at radius 3 is 2.14 bits per heavy atom. The minimum atomic E-state index is -0.956. The van der Waals surface area contributed by atoms with Crippen LogP contribution in [0.4, 0.5) is 4.79 Å². The fraction of sp³-hybridized carbons (Fsp3) is 0.441. The summed E-state index contributed by atoms with van der Waals surface area (Å²) >= 11 is 1.54. The summed E-state index contributed by atoms with van der Waals surface area (Å²) in [7, 11) is 0. The van der Waals surface area contributed by atoms with Crippen LogP contribution in [0.15, 0.2) is 77.7 Å². The van der Waals surface area contributed by atoms with E-state index in [9.17, 15) is 19.5 Å². The maximum atomic E-state index is 13.3. The predicted octanol–water partition coefficient (Wildman–Crippen LogP) is 5.46. The molecule has 0 spiro atoms. The van der Waals surface area contributed by atoms with E-state index in [-0.39, 0.29) is 12.3 Å². The summed E-state index contributed by atoms with van der Waals surface area (Å²) in [5.41, 5.74) is 0.115. The van der Waals surface area contributed by atoms with Gasteiger partial charge in [0, 0.05) is 17.1 Å². The molecule has 3 aromatic rings. The molecule has 9 heteroatoms. The molecule has 0 unspecified atom stereocenters. The number of rotatable bonds is 13. The van der Waals surface area contributed by atoms with E-state index in [2.05, 4.69) is 40.2 Å². The molecule has 8 nitrogen and oxygen atoms in total. The molecule has 3 aromatic carbocycles. The lowest BCUT2D eigenvalue weighted by Crippen LogP contribution is -2.56. The van der Waals surface area contributed by atoms with Crippen LogP contribution < -0.4 is 16.0 Å². The molecule has 0 radical (unpaired) electrons. The second-order valence-corrected chi connectivity index (χ2v) is 13.3. The molecule has 3 rings (SSSR count). The van der Waals surface area contributed by atoms with Gasteiger partial charge in [-0.2, -0.15) is 0 Å². The maximum Gasteiger partial charge on any atom is 0.408 e. The van der Waals surface area contributed by atoms with Crippen LogP contribution in [0.5, 0.6) is 0 Å². The Bertz CT molecular complexity index is 1360. The van der Waals surface area contributed by atoms with Crippen molar-refractivity contribution in [3.63, 3.8) is 0 Å². The van der Waals surface area contributed by atoms with Crippen LogP contribution in [0, 0.1) is 5.92 Å². The summed E-state index contributed by atoms with van der Waals surface area (Å²) in [6.07, 6.45) is -0.723. The van der Waals surface area contributed by atoms with Gasteiger partial charge in [0.2, 0.25) is 11.8 Å². The Balaban J connectivity index is 1.63. The number of hydrogen-bond acceptors (Lipinski definition) is 6. The predicted molar refractivity (Wildman–Crippen MR) is 173 cm³/mol. The van der Waals surface area contributed by atoms with Crippen LogP contribution in [-0.4, -0.2) is 58.6 Å². The van der Waals surface area contributed by atoms with E-state index in [1.165, 1.54) is 11.8 Å². The van der Waals surface area contributed by atoms with Crippen molar-refractivity contribution in [2.45, 2.75) is 89.1 Å². The number of ether oxygens (including phenoxy) is 1. The van der Waals surface area contributed by atoms with Crippen molar-refractivity contribution >= 4 is 40.4 Å². The first-order valence-corrected chi connectivity index (χ1v) is 15.7. The molecule has 0 bridgehead atoms. The van der Waals surface area contributed by atoms with Gasteiger partial charge in [0.15, 0.2) is 0 Å². The SMILES string of the molecule is CC(C)C[C@@H](NC(=O)[C@H](C)NC(=O)[C@H](Cc1ccccc1)NC(=O)OC(C)(C)C)[C@H](O)CSc1ccc2ccccc2c1. The zero-order chi connectivity index (χ0) is 31.6. The van der Waals surface area contributed by atoms with Gasteiger partial charge >= 0.3 is 6.09 Å². The fourth-order valence-corrected chi connectivity index (χ4v) is 5.54. The summed E-state index contributed by atoms with van der Waals surface area (Å²) in [4.78, 5) is 40.1. The molecular weight excluding hydrogens is 562 g/mol. The number of aliphatic hydroxyl groups is 1. The molecule has 0 heterocycles. The lowest BCUT2D eigenvalue weighted by atomic mass is 9.99. The zero-order valence-electron chi connectivity index (χ0n) is 25.9. The van der Waals surface area contributed by atoms with Crippen LogP contribution in [0.1, 0.15) is 53.5 Å². The molecule has 3 amide bonds. The van der Waals surface area contributed by atoms with Gasteiger partial charge in [-0.15, -0.1) is 11.8 Å². The molecule has 4 atom stereocenters. The average molecular weight is 608 g/mol. The van der Waals surface area contributed by atoms with Crippen molar-refractivity contribution in [3.05, 3.63) is 78.4 Å². The molecule has 0 aliphatic rings. The van der Waals surface area contributed by atoms with Crippen LogP contribution in [0.2, 0.25) is 0 Å². The number of carbonyl (C=O) groups is 3. The molecule has 0 saturated carbocycles. The highest BCUT2D eigenvalue weighted by molar-refractivity contribution is 7.99. The Labute approximate surface area is 259 Å². The normalized spacial score (nSPS) is 14.4. The first kappa shape index (κ1) is 33.9. The van der Waals surface area contributed by atoms with Crippen LogP contribution in [0.3, 0.4) is 0 Å². The molecule has 4 N–H and O–H groups in total. The van der Waals surface area contributed by atoms with E-state index in [1.807, 2.05) is 62.4 Å². The topological polar surface area (TPSA) is 117 Å². The van der Waals surface area contributed by atoms with E-state index in [1.54, 1.807) is 27.7 Å². The number of amides is 3. The van der Waals surface area contributed by atoms with Gasteiger partial charge in [0.25, 0.3) is 0 Å². The number of fused-ring (bicyclic) bond motifs is 1. The molecule has 0 saturated heterocycles. The summed E-state index contributed by atoms with van der Waals surface area (Å²) in [6, 6.07) is 21.2. The Morgan fingerprint density at radius 1 is 0.837 bits per heavy atom. The molecule has 43 heavy (non-hydrogen) atoms.